The normalized spacial score (nSPS) is 21.0. The minimum Gasteiger partial charge on any atom is -0.502 e. The van der Waals surface area contributed by atoms with Gasteiger partial charge in [0, 0.05) is 18.4 Å². The zero-order valence-corrected chi connectivity index (χ0v) is 26.8. The Morgan fingerprint density at radius 3 is 2.17 bits per heavy atom. The standard InChI is InChI=1S/C33H48N6O7/c1-43-26-13-20(14-27(44-2)32(26)41)29-21-15-24-25(46-19-45-24)16-22(21)31(23-17-38-33(42)30(23)29)39-28(40)18-37-12-6-11-36-9-4-3-8-35-10-5-7-34/h13-16,23,29-31,35-37,41H,3-12,17-19,34H2,1-2H3,(H,38,42)(H,39,40). The number of ether oxygens (including phenoxy) is 4. The van der Waals surface area contributed by atoms with Crippen LogP contribution in [0.4, 0.5) is 0 Å². The molecule has 4 atom stereocenters. The van der Waals surface area contributed by atoms with Crippen LogP contribution in [0.5, 0.6) is 28.7 Å². The molecule has 2 amide bonds. The lowest BCUT2D eigenvalue weighted by Gasteiger charge is -2.40. The number of phenolic OH excluding ortho intramolecular Hbond substituents is 1. The fourth-order valence-electron chi connectivity index (χ4n) is 6.72. The molecule has 2 aromatic carbocycles. The van der Waals surface area contributed by atoms with Crippen LogP contribution in [0.2, 0.25) is 0 Å². The minimum atomic E-state index is -0.488. The Morgan fingerprint density at radius 1 is 0.913 bits per heavy atom. The van der Waals surface area contributed by atoms with Crippen molar-refractivity contribution in [3.05, 3.63) is 41.0 Å². The molecular weight excluding hydrogens is 592 g/mol. The number of phenols is 1. The first-order chi connectivity index (χ1) is 22.5. The predicted molar refractivity (Wildman–Crippen MR) is 173 cm³/mol. The average Bonchev–Trinajstić information content (AvgIpc) is 3.68. The summed E-state index contributed by atoms with van der Waals surface area (Å²) in [6.07, 6.45) is 4.16. The van der Waals surface area contributed by atoms with Crippen molar-refractivity contribution in [3.63, 3.8) is 0 Å². The third-order valence-electron chi connectivity index (χ3n) is 9.00. The molecule has 0 aromatic heterocycles. The number of amides is 2. The number of nitrogens with two attached hydrogens (primary N) is 1. The topological polar surface area (TPSA) is 177 Å². The minimum absolute atomic E-state index is 0.0966. The van der Waals surface area contributed by atoms with Crippen molar-refractivity contribution in [2.45, 2.75) is 37.6 Å². The van der Waals surface area contributed by atoms with Crippen molar-refractivity contribution in [3.8, 4) is 28.7 Å². The van der Waals surface area contributed by atoms with Gasteiger partial charge in [0.05, 0.1) is 32.7 Å². The summed E-state index contributed by atoms with van der Waals surface area (Å²) in [4.78, 5) is 26.7. The summed E-state index contributed by atoms with van der Waals surface area (Å²) in [6.45, 7) is 5.94. The highest BCUT2D eigenvalue weighted by Gasteiger charge is 2.51. The molecule has 1 saturated heterocycles. The zero-order chi connectivity index (χ0) is 32.5. The number of hydrogen-bond acceptors (Lipinski definition) is 11. The fraction of sp³-hybridized carbons (Fsp3) is 0.576. The smallest absolute Gasteiger partial charge is 0.234 e. The van der Waals surface area contributed by atoms with Gasteiger partial charge in [-0.15, -0.1) is 0 Å². The molecule has 2 aliphatic heterocycles. The molecule has 5 rings (SSSR count). The number of aromatic hydroxyl groups is 1. The van der Waals surface area contributed by atoms with Gasteiger partial charge in [-0.25, -0.2) is 0 Å². The number of fused-ring (bicyclic) bond motifs is 3. The maximum atomic E-state index is 13.4. The molecule has 4 unspecified atom stereocenters. The first kappa shape index (κ1) is 33.6. The summed E-state index contributed by atoms with van der Waals surface area (Å²) >= 11 is 0. The van der Waals surface area contributed by atoms with Gasteiger partial charge >= 0.3 is 0 Å². The average molecular weight is 641 g/mol. The zero-order valence-electron chi connectivity index (χ0n) is 26.8. The molecule has 1 aliphatic carbocycles. The van der Waals surface area contributed by atoms with Crippen molar-refractivity contribution in [1.82, 2.24) is 26.6 Å². The van der Waals surface area contributed by atoms with E-state index in [2.05, 4.69) is 26.6 Å². The van der Waals surface area contributed by atoms with E-state index in [0.717, 1.165) is 75.1 Å². The molecule has 1 fully saturated rings. The largest absolute Gasteiger partial charge is 0.502 e. The van der Waals surface area contributed by atoms with Crippen molar-refractivity contribution >= 4 is 11.8 Å². The summed E-state index contributed by atoms with van der Waals surface area (Å²) in [5, 5.41) is 26.9. The number of rotatable bonds is 18. The lowest BCUT2D eigenvalue weighted by molar-refractivity contribution is -0.125. The van der Waals surface area contributed by atoms with Gasteiger partial charge in [-0.1, -0.05) is 0 Å². The van der Waals surface area contributed by atoms with Crippen molar-refractivity contribution in [2.24, 2.45) is 17.6 Å². The maximum Gasteiger partial charge on any atom is 0.234 e. The number of carbonyl (C=O) groups excluding carboxylic acids is 2. The lowest BCUT2D eigenvalue weighted by Crippen LogP contribution is -2.45. The van der Waals surface area contributed by atoms with E-state index in [4.69, 9.17) is 24.7 Å². The van der Waals surface area contributed by atoms with Crippen LogP contribution in [0.1, 0.15) is 54.3 Å². The summed E-state index contributed by atoms with van der Waals surface area (Å²) in [7, 11) is 2.94. The highest BCUT2D eigenvalue weighted by Crippen LogP contribution is 2.54. The number of hydrogen-bond donors (Lipinski definition) is 7. The van der Waals surface area contributed by atoms with Gasteiger partial charge < -0.3 is 56.4 Å². The van der Waals surface area contributed by atoms with Gasteiger partial charge in [-0.05, 0) is 106 Å². The summed E-state index contributed by atoms with van der Waals surface area (Å²) in [6, 6.07) is 6.86. The molecular formula is C33H48N6O7. The second-order valence-electron chi connectivity index (χ2n) is 11.9. The number of nitrogens with one attached hydrogen (secondary N) is 5. The number of benzene rings is 2. The molecule has 0 spiro atoms. The fourth-order valence-corrected chi connectivity index (χ4v) is 6.72. The molecule has 13 heteroatoms. The SMILES string of the molecule is COc1cc(C2c3cc4c(cc3C(NC(=O)CNCCCNCCCCNCCCN)C3CNC(=O)C23)OCO4)cc(OC)c1O. The van der Waals surface area contributed by atoms with Crippen LogP contribution in [0.3, 0.4) is 0 Å². The molecule has 252 valence electrons. The number of carbonyl (C=O) groups is 2. The van der Waals surface area contributed by atoms with Crippen LogP contribution < -0.4 is 51.3 Å². The van der Waals surface area contributed by atoms with Crippen LogP contribution in [-0.4, -0.2) is 90.3 Å². The van der Waals surface area contributed by atoms with Gasteiger partial charge in [0.15, 0.2) is 23.0 Å². The number of methoxy groups -OCH3 is 2. The highest BCUT2D eigenvalue weighted by molar-refractivity contribution is 5.85. The summed E-state index contributed by atoms with van der Waals surface area (Å²) in [5.41, 5.74) is 7.96. The predicted octanol–water partition coefficient (Wildman–Crippen LogP) is 1.09. The molecule has 2 aromatic rings. The van der Waals surface area contributed by atoms with E-state index in [9.17, 15) is 14.7 Å². The van der Waals surface area contributed by atoms with E-state index >= 15 is 0 Å². The Kier molecular flexibility index (Phi) is 11.8. The van der Waals surface area contributed by atoms with Crippen LogP contribution in [0, 0.1) is 11.8 Å². The van der Waals surface area contributed by atoms with Gasteiger partial charge in [0.1, 0.15) is 0 Å². The van der Waals surface area contributed by atoms with Gasteiger partial charge in [0.25, 0.3) is 0 Å². The summed E-state index contributed by atoms with van der Waals surface area (Å²) < 4.78 is 22.3. The molecule has 8 N–H and O–H groups in total. The first-order valence-electron chi connectivity index (χ1n) is 16.2. The Balaban J connectivity index is 1.23. The van der Waals surface area contributed by atoms with Gasteiger partial charge in [0.2, 0.25) is 24.4 Å². The first-order valence-corrected chi connectivity index (χ1v) is 16.2. The molecule has 2 heterocycles. The van der Waals surface area contributed by atoms with Crippen LogP contribution in [0.15, 0.2) is 24.3 Å². The van der Waals surface area contributed by atoms with E-state index in [1.54, 1.807) is 12.1 Å². The number of unbranched alkanes of at least 4 members (excludes halogenated alkanes) is 1. The third-order valence-corrected chi connectivity index (χ3v) is 9.00. The summed E-state index contributed by atoms with van der Waals surface area (Å²) in [5.74, 6) is 0.192. The Bertz CT molecular complexity index is 1330. The Labute approximate surface area is 270 Å². The molecule has 0 saturated carbocycles. The van der Waals surface area contributed by atoms with Crippen LogP contribution in [-0.2, 0) is 9.59 Å². The second-order valence-corrected chi connectivity index (χ2v) is 11.9. The van der Waals surface area contributed by atoms with Crippen molar-refractivity contribution in [2.75, 3.05) is 73.4 Å². The van der Waals surface area contributed by atoms with Crippen molar-refractivity contribution in [1.29, 1.82) is 0 Å². The lowest BCUT2D eigenvalue weighted by atomic mass is 9.65. The second kappa shape index (κ2) is 16.2. The molecule has 13 nitrogen and oxygen atoms in total. The maximum absolute atomic E-state index is 13.4. The van der Waals surface area contributed by atoms with E-state index in [0.29, 0.717) is 24.6 Å². The monoisotopic (exact) mass is 640 g/mol. The van der Waals surface area contributed by atoms with Gasteiger partial charge in [-0.3, -0.25) is 9.59 Å². The van der Waals surface area contributed by atoms with Crippen LogP contribution in [0.25, 0.3) is 0 Å². The van der Waals surface area contributed by atoms with E-state index in [-0.39, 0.29) is 48.3 Å². The Hall–Kier alpha value is -3.78. The highest BCUT2D eigenvalue weighted by atomic mass is 16.7. The molecule has 3 aliphatic rings. The van der Waals surface area contributed by atoms with Crippen molar-refractivity contribution < 1.29 is 33.6 Å². The third kappa shape index (κ3) is 7.60. The van der Waals surface area contributed by atoms with Crippen LogP contribution >= 0.6 is 0 Å². The van der Waals surface area contributed by atoms with E-state index < -0.39 is 17.9 Å². The molecule has 0 radical (unpaired) electrons. The Morgan fingerprint density at radius 2 is 1.52 bits per heavy atom. The van der Waals surface area contributed by atoms with E-state index in [1.165, 1.54) is 14.2 Å². The molecule has 0 bridgehead atoms. The van der Waals surface area contributed by atoms with E-state index in [1.807, 2.05) is 12.1 Å². The quantitative estimate of drug-likeness (QED) is 0.116. The van der Waals surface area contributed by atoms with Gasteiger partial charge in [-0.2, -0.15) is 0 Å². The molecule has 46 heavy (non-hydrogen) atoms.